The quantitative estimate of drug-likeness (QED) is 0.617. The van der Waals surface area contributed by atoms with Crippen LogP contribution in [0.1, 0.15) is 0 Å². The normalized spacial score (nSPS) is 11.4. The van der Waals surface area contributed by atoms with Crippen LogP contribution >= 0.6 is 34.5 Å². The molecule has 0 aliphatic carbocycles. The third-order valence-corrected chi connectivity index (χ3v) is 5.54. The molecule has 0 saturated carbocycles. The first kappa shape index (κ1) is 19.5. The van der Waals surface area contributed by atoms with E-state index in [1.807, 2.05) is 47.8 Å². The first-order valence-corrected chi connectivity index (χ1v) is 9.92. The maximum Gasteiger partial charge on any atom is 0.314 e. The van der Waals surface area contributed by atoms with Crippen molar-refractivity contribution in [2.45, 2.75) is 6.54 Å². The van der Waals surface area contributed by atoms with E-state index in [2.05, 4.69) is 15.2 Å². The lowest BCUT2D eigenvalue weighted by atomic mass is 10.2. The minimum absolute atomic E-state index is 0.219. The number of carbonyl (C=O) groups is 1. The number of nitrogens with zero attached hydrogens (tertiary/aromatic N) is 2. The maximum atomic E-state index is 11.5. The SMILES string of the molecule is CNC(=O)NCCn1c(-c2ccccc2)csc1=Nc1cccc(Cl)c1Cl. The predicted molar refractivity (Wildman–Crippen MR) is 112 cm³/mol. The summed E-state index contributed by atoms with van der Waals surface area (Å²) in [7, 11) is 1.59. The monoisotopic (exact) mass is 420 g/mol. The molecular weight excluding hydrogens is 403 g/mol. The van der Waals surface area contributed by atoms with E-state index in [-0.39, 0.29) is 6.03 Å². The summed E-state index contributed by atoms with van der Waals surface area (Å²) in [5.74, 6) is 0. The molecule has 0 radical (unpaired) electrons. The van der Waals surface area contributed by atoms with Gasteiger partial charge in [0.15, 0.2) is 4.80 Å². The Bertz CT molecular complexity index is 998. The summed E-state index contributed by atoms with van der Waals surface area (Å²) in [5, 5.41) is 8.28. The van der Waals surface area contributed by atoms with Crippen LogP contribution < -0.4 is 15.4 Å². The van der Waals surface area contributed by atoms with Gasteiger partial charge in [0, 0.05) is 25.5 Å². The van der Waals surface area contributed by atoms with Gasteiger partial charge in [0.25, 0.3) is 0 Å². The molecule has 2 aromatic carbocycles. The van der Waals surface area contributed by atoms with E-state index in [1.165, 1.54) is 11.3 Å². The Hall–Kier alpha value is -2.28. The lowest BCUT2D eigenvalue weighted by molar-refractivity contribution is 0.242. The summed E-state index contributed by atoms with van der Waals surface area (Å²) < 4.78 is 2.06. The van der Waals surface area contributed by atoms with Crippen LogP contribution in [-0.4, -0.2) is 24.2 Å². The molecule has 2 N–H and O–H groups in total. The highest BCUT2D eigenvalue weighted by Crippen LogP contribution is 2.31. The van der Waals surface area contributed by atoms with Crippen LogP contribution in [0, 0.1) is 0 Å². The van der Waals surface area contributed by atoms with Gasteiger partial charge in [-0.25, -0.2) is 9.79 Å². The van der Waals surface area contributed by atoms with E-state index in [4.69, 9.17) is 28.2 Å². The second-order valence-electron chi connectivity index (χ2n) is 5.61. The highest BCUT2D eigenvalue weighted by molar-refractivity contribution is 7.07. The van der Waals surface area contributed by atoms with Gasteiger partial charge in [-0.2, -0.15) is 0 Å². The van der Waals surface area contributed by atoms with E-state index in [9.17, 15) is 4.79 Å². The van der Waals surface area contributed by atoms with Crippen LogP contribution in [-0.2, 0) is 6.54 Å². The summed E-state index contributed by atoms with van der Waals surface area (Å²) in [6.07, 6.45) is 0. The van der Waals surface area contributed by atoms with Crippen LogP contribution in [0.2, 0.25) is 10.0 Å². The smallest absolute Gasteiger partial charge is 0.314 e. The molecule has 5 nitrogen and oxygen atoms in total. The molecule has 8 heteroatoms. The van der Waals surface area contributed by atoms with E-state index in [1.54, 1.807) is 13.1 Å². The molecule has 1 aromatic heterocycles. The molecule has 0 unspecified atom stereocenters. The highest BCUT2D eigenvalue weighted by atomic mass is 35.5. The summed E-state index contributed by atoms with van der Waals surface area (Å²) in [4.78, 5) is 16.9. The molecule has 0 saturated heterocycles. The molecule has 2 amide bonds. The second kappa shape index (κ2) is 9.08. The number of amides is 2. The van der Waals surface area contributed by atoms with Gasteiger partial charge in [-0.15, -0.1) is 11.3 Å². The van der Waals surface area contributed by atoms with Gasteiger partial charge in [-0.05, 0) is 17.7 Å². The largest absolute Gasteiger partial charge is 0.341 e. The van der Waals surface area contributed by atoms with Gasteiger partial charge < -0.3 is 15.2 Å². The van der Waals surface area contributed by atoms with Crippen molar-refractivity contribution in [2.24, 2.45) is 4.99 Å². The van der Waals surface area contributed by atoms with Gasteiger partial charge in [-0.1, -0.05) is 59.6 Å². The Kier molecular flexibility index (Phi) is 6.55. The van der Waals surface area contributed by atoms with E-state index >= 15 is 0 Å². The number of benzene rings is 2. The van der Waals surface area contributed by atoms with Crippen molar-refractivity contribution in [2.75, 3.05) is 13.6 Å². The van der Waals surface area contributed by atoms with E-state index in [0.717, 1.165) is 16.1 Å². The molecule has 0 atom stereocenters. The predicted octanol–water partition coefficient (Wildman–Crippen LogP) is 4.68. The van der Waals surface area contributed by atoms with E-state index in [0.29, 0.717) is 28.8 Å². The highest BCUT2D eigenvalue weighted by Gasteiger charge is 2.10. The van der Waals surface area contributed by atoms with Crippen molar-refractivity contribution in [1.29, 1.82) is 0 Å². The Morgan fingerprint density at radius 2 is 1.93 bits per heavy atom. The lowest BCUT2D eigenvalue weighted by Crippen LogP contribution is -2.36. The summed E-state index contributed by atoms with van der Waals surface area (Å²) in [6, 6.07) is 15.2. The van der Waals surface area contributed by atoms with Crippen LogP contribution in [0.25, 0.3) is 11.3 Å². The number of aromatic nitrogens is 1. The molecule has 0 aliphatic rings. The number of hydrogen-bond acceptors (Lipinski definition) is 3. The summed E-state index contributed by atoms with van der Waals surface area (Å²) in [6.45, 7) is 1.03. The average Bonchev–Trinajstić information content (AvgIpc) is 3.08. The average molecular weight is 421 g/mol. The molecule has 27 heavy (non-hydrogen) atoms. The standard InChI is InChI=1S/C19H18Cl2N4OS/c1-22-18(26)23-10-11-25-16(13-6-3-2-4-7-13)12-27-19(25)24-15-9-5-8-14(20)17(15)21/h2-9,12H,10-11H2,1H3,(H2,22,23,26). The molecule has 1 heterocycles. The molecule has 0 spiro atoms. The third-order valence-electron chi connectivity index (χ3n) is 3.86. The Balaban J connectivity index is 2.03. The third kappa shape index (κ3) is 4.71. The number of nitrogens with one attached hydrogen (secondary N) is 2. The van der Waals surface area contributed by atoms with Crippen molar-refractivity contribution in [3.8, 4) is 11.3 Å². The molecule has 3 aromatic rings. The number of rotatable bonds is 5. The minimum atomic E-state index is -0.219. The molecule has 0 aliphatic heterocycles. The molecule has 0 fully saturated rings. The van der Waals surface area contributed by atoms with Crippen molar-refractivity contribution in [3.63, 3.8) is 0 Å². The molecule has 140 valence electrons. The minimum Gasteiger partial charge on any atom is -0.341 e. The zero-order chi connectivity index (χ0) is 19.2. The molecule has 0 bridgehead atoms. The first-order valence-electron chi connectivity index (χ1n) is 8.28. The number of halogens is 2. The van der Waals surface area contributed by atoms with Crippen LogP contribution in [0.3, 0.4) is 0 Å². The fourth-order valence-electron chi connectivity index (χ4n) is 2.53. The lowest BCUT2D eigenvalue weighted by Gasteiger charge is -2.10. The first-order chi connectivity index (χ1) is 13.1. The Labute approximate surface area is 171 Å². The van der Waals surface area contributed by atoms with Gasteiger partial charge in [0.2, 0.25) is 0 Å². The maximum absolute atomic E-state index is 11.5. The van der Waals surface area contributed by atoms with Crippen molar-refractivity contribution in [1.82, 2.24) is 15.2 Å². The van der Waals surface area contributed by atoms with Gasteiger partial charge in [0.1, 0.15) is 0 Å². The Morgan fingerprint density at radius 1 is 1.15 bits per heavy atom. The fourth-order valence-corrected chi connectivity index (χ4v) is 3.81. The number of hydrogen-bond donors (Lipinski definition) is 2. The topological polar surface area (TPSA) is 58.4 Å². The van der Waals surface area contributed by atoms with Gasteiger partial charge in [0.05, 0.1) is 21.4 Å². The number of urea groups is 1. The number of thiazole rings is 1. The zero-order valence-corrected chi connectivity index (χ0v) is 16.9. The molecule has 3 rings (SSSR count). The van der Waals surface area contributed by atoms with Gasteiger partial charge in [-0.3, -0.25) is 0 Å². The van der Waals surface area contributed by atoms with Crippen LogP contribution in [0.5, 0.6) is 0 Å². The van der Waals surface area contributed by atoms with Gasteiger partial charge >= 0.3 is 6.03 Å². The number of carbonyl (C=O) groups excluding carboxylic acids is 1. The zero-order valence-electron chi connectivity index (χ0n) is 14.6. The fraction of sp³-hybridized carbons (Fsp3) is 0.158. The van der Waals surface area contributed by atoms with Crippen LogP contribution in [0.4, 0.5) is 10.5 Å². The van der Waals surface area contributed by atoms with Crippen LogP contribution in [0.15, 0.2) is 58.9 Å². The Morgan fingerprint density at radius 3 is 2.67 bits per heavy atom. The second-order valence-corrected chi connectivity index (χ2v) is 7.23. The summed E-state index contributed by atoms with van der Waals surface area (Å²) in [5.41, 5.74) is 2.71. The van der Waals surface area contributed by atoms with Crippen molar-refractivity contribution < 1.29 is 4.79 Å². The van der Waals surface area contributed by atoms with E-state index < -0.39 is 0 Å². The van der Waals surface area contributed by atoms with Crippen molar-refractivity contribution in [3.05, 3.63) is 68.8 Å². The summed E-state index contributed by atoms with van der Waals surface area (Å²) >= 11 is 13.9. The van der Waals surface area contributed by atoms with Crippen molar-refractivity contribution >= 4 is 46.3 Å². The molecular formula is C19H18Cl2N4OS.